The lowest BCUT2D eigenvalue weighted by Crippen LogP contribution is -2.44. The van der Waals surface area contributed by atoms with Gasteiger partial charge in [0.1, 0.15) is 5.75 Å². The Kier molecular flexibility index (Phi) is 7.35. The first-order chi connectivity index (χ1) is 7.31. The third-order valence-corrected chi connectivity index (χ3v) is 2.93. The molecule has 1 fully saturated rings. The minimum atomic E-state index is 0. The highest BCUT2D eigenvalue weighted by atomic mass is 35.5. The number of benzene rings is 1. The Labute approximate surface area is 116 Å². The van der Waals surface area contributed by atoms with Gasteiger partial charge in [0.15, 0.2) is 0 Å². The van der Waals surface area contributed by atoms with Crippen molar-refractivity contribution < 1.29 is 4.74 Å². The van der Waals surface area contributed by atoms with E-state index in [0.29, 0.717) is 0 Å². The standard InChI is InChI=1S/C12H18N2O.2ClH/c1-13-7-9-14(10-8-13)11-5-3-4-6-12(11)15-2;;/h3-6H,7-10H2,1-2H3;2*1H. The van der Waals surface area contributed by atoms with Gasteiger partial charge in [-0.05, 0) is 19.2 Å². The van der Waals surface area contributed by atoms with Gasteiger partial charge in [-0.2, -0.15) is 0 Å². The van der Waals surface area contributed by atoms with Gasteiger partial charge in [-0.25, -0.2) is 0 Å². The molecule has 1 heterocycles. The molecule has 1 saturated heterocycles. The number of methoxy groups -OCH3 is 1. The molecular weight excluding hydrogens is 259 g/mol. The summed E-state index contributed by atoms with van der Waals surface area (Å²) in [5.74, 6) is 0.974. The maximum Gasteiger partial charge on any atom is 0.142 e. The van der Waals surface area contributed by atoms with E-state index in [0.717, 1.165) is 31.9 Å². The topological polar surface area (TPSA) is 15.7 Å². The van der Waals surface area contributed by atoms with E-state index in [1.165, 1.54) is 5.69 Å². The maximum atomic E-state index is 5.37. The van der Waals surface area contributed by atoms with Crippen molar-refractivity contribution in [2.75, 3.05) is 45.2 Å². The quantitative estimate of drug-likeness (QED) is 0.826. The van der Waals surface area contributed by atoms with Gasteiger partial charge in [0.2, 0.25) is 0 Å². The third kappa shape index (κ3) is 3.95. The molecule has 1 aromatic carbocycles. The van der Waals surface area contributed by atoms with Crippen molar-refractivity contribution in [1.29, 1.82) is 0 Å². The van der Waals surface area contributed by atoms with Crippen LogP contribution >= 0.6 is 24.8 Å². The molecule has 5 heteroatoms. The summed E-state index contributed by atoms with van der Waals surface area (Å²) in [5, 5.41) is 0. The first-order valence-corrected chi connectivity index (χ1v) is 5.38. The number of para-hydroxylation sites is 2. The number of anilines is 1. The minimum absolute atomic E-state index is 0. The minimum Gasteiger partial charge on any atom is -0.495 e. The molecule has 1 aliphatic rings. The molecule has 3 nitrogen and oxygen atoms in total. The number of likely N-dealkylation sites (N-methyl/N-ethyl adjacent to an activating group) is 1. The van der Waals surface area contributed by atoms with Crippen LogP contribution in [0.25, 0.3) is 0 Å². The monoisotopic (exact) mass is 278 g/mol. The molecule has 1 aliphatic heterocycles. The fraction of sp³-hybridized carbons (Fsp3) is 0.500. The largest absolute Gasteiger partial charge is 0.495 e. The lowest BCUT2D eigenvalue weighted by atomic mass is 10.2. The van der Waals surface area contributed by atoms with Gasteiger partial charge in [-0.3, -0.25) is 0 Å². The summed E-state index contributed by atoms with van der Waals surface area (Å²) in [4.78, 5) is 4.74. The number of halogens is 2. The zero-order valence-electron chi connectivity index (χ0n) is 10.3. The van der Waals surface area contributed by atoms with E-state index >= 15 is 0 Å². The van der Waals surface area contributed by atoms with Crippen LogP contribution in [0.5, 0.6) is 5.75 Å². The second-order valence-electron chi connectivity index (χ2n) is 3.96. The van der Waals surface area contributed by atoms with E-state index in [2.05, 4.69) is 29.0 Å². The second-order valence-corrected chi connectivity index (χ2v) is 3.96. The number of ether oxygens (including phenoxy) is 1. The lowest BCUT2D eigenvalue weighted by Gasteiger charge is -2.34. The van der Waals surface area contributed by atoms with Crippen molar-refractivity contribution in [3.05, 3.63) is 24.3 Å². The predicted molar refractivity (Wildman–Crippen MR) is 77.2 cm³/mol. The van der Waals surface area contributed by atoms with Crippen molar-refractivity contribution in [2.24, 2.45) is 0 Å². The fourth-order valence-electron chi connectivity index (χ4n) is 1.94. The molecule has 0 N–H and O–H groups in total. The Morgan fingerprint density at radius 2 is 1.59 bits per heavy atom. The number of nitrogens with zero attached hydrogens (tertiary/aromatic N) is 2. The first-order valence-electron chi connectivity index (χ1n) is 5.38. The van der Waals surface area contributed by atoms with Gasteiger partial charge in [-0.1, -0.05) is 12.1 Å². The molecule has 0 bridgehead atoms. The molecule has 0 atom stereocenters. The zero-order valence-corrected chi connectivity index (χ0v) is 11.9. The molecule has 0 radical (unpaired) electrons. The van der Waals surface area contributed by atoms with Gasteiger partial charge in [0.25, 0.3) is 0 Å². The van der Waals surface area contributed by atoms with Gasteiger partial charge >= 0.3 is 0 Å². The van der Waals surface area contributed by atoms with Crippen LogP contribution in [0.15, 0.2) is 24.3 Å². The van der Waals surface area contributed by atoms with Crippen LogP contribution in [0, 0.1) is 0 Å². The van der Waals surface area contributed by atoms with Crippen LogP contribution in [0.2, 0.25) is 0 Å². The summed E-state index contributed by atoms with van der Waals surface area (Å²) in [7, 11) is 3.90. The van der Waals surface area contributed by atoms with E-state index in [9.17, 15) is 0 Å². The highest BCUT2D eigenvalue weighted by Crippen LogP contribution is 2.27. The highest BCUT2D eigenvalue weighted by Gasteiger charge is 2.16. The molecular formula is C12H20Cl2N2O. The van der Waals surface area contributed by atoms with E-state index < -0.39 is 0 Å². The number of hydrogen-bond donors (Lipinski definition) is 0. The third-order valence-electron chi connectivity index (χ3n) is 2.93. The van der Waals surface area contributed by atoms with Crippen molar-refractivity contribution in [2.45, 2.75) is 0 Å². The number of piperazine rings is 1. The van der Waals surface area contributed by atoms with E-state index in [4.69, 9.17) is 4.74 Å². The fourth-order valence-corrected chi connectivity index (χ4v) is 1.94. The lowest BCUT2D eigenvalue weighted by molar-refractivity contribution is 0.311. The number of rotatable bonds is 2. The summed E-state index contributed by atoms with van der Waals surface area (Å²) in [6, 6.07) is 8.23. The van der Waals surface area contributed by atoms with E-state index in [1.807, 2.05) is 12.1 Å². The molecule has 0 spiro atoms. The van der Waals surface area contributed by atoms with Crippen molar-refractivity contribution in [1.82, 2.24) is 4.90 Å². The van der Waals surface area contributed by atoms with Gasteiger partial charge in [0.05, 0.1) is 12.8 Å². The van der Waals surface area contributed by atoms with Crippen LogP contribution in [0.1, 0.15) is 0 Å². The average molecular weight is 279 g/mol. The van der Waals surface area contributed by atoms with Gasteiger partial charge in [-0.15, -0.1) is 24.8 Å². The van der Waals surface area contributed by atoms with Gasteiger partial charge in [0, 0.05) is 26.2 Å². The van der Waals surface area contributed by atoms with Crippen LogP contribution in [0.4, 0.5) is 5.69 Å². The average Bonchev–Trinajstić information content (AvgIpc) is 2.30. The van der Waals surface area contributed by atoms with Crippen molar-refractivity contribution >= 4 is 30.5 Å². The second kappa shape index (κ2) is 7.64. The Bertz CT molecular complexity index is 328. The molecule has 0 aliphatic carbocycles. The molecule has 0 unspecified atom stereocenters. The molecule has 2 rings (SSSR count). The van der Waals surface area contributed by atoms with Crippen molar-refractivity contribution in [3.63, 3.8) is 0 Å². The smallest absolute Gasteiger partial charge is 0.142 e. The molecule has 0 aromatic heterocycles. The molecule has 17 heavy (non-hydrogen) atoms. The first kappa shape index (κ1) is 16.4. The maximum absolute atomic E-state index is 5.37. The molecule has 1 aromatic rings. The summed E-state index contributed by atoms with van der Waals surface area (Å²) < 4.78 is 5.37. The highest BCUT2D eigenvalue weighted by molar-refractivity contribution is 5.85. The molecule has 98 valence electrons. The van der Waals surface area contributed by atoms with E-state index in [-0.39, 0.29) is 24.8 Å². The zero-order chi connectivity index (χ0) is 10.7. The van der Waals surface area contributed by atoms with Crippen molar-refractivity contribution in [3.8, 4) is 5.75 Å². The Morgan fingerprint density at radius 1 is 1.00 bits per heavy atom. The van der Waals surface area contributed by atoms with Crippen LogP contribution in [-0.4, -0.2) is 45.2 Å². The summed E-state index contributed by atoms with van der Waals surface area (Å²) in [6.45, 7) is 4.41. The molecule has 0 saturated carbocycles. The Balaban J connectivity index is 0.00000128. The summed E-state index contributed by atoms with van der Waals surface area (Å²) in [5.41, 5.74) is 1.22. The van der Waals surface area contributed by atoms with Crippen LogP contribution in [-0.2, 0) is 0 Å². The van der Waals surface area contributed by atoms with Crippen LogP contribution < -0.4 is 9.64 Å². The summed E-state index contributed by atoms with van der Waals surface area (Å²) in [6.07, 6.45) is 0. The predicted octanol–water partition coefficient (Wildman–Crippen LogP) is 2.29. The van der Waals surface area contributed by atoms with E-state index in [1.54, 1.807) is 7.11 Å². The normalized spacial score (nSPS) is 15.8. The SMILES string of the molecule is COc1ccccc1N1CCN(C)CC1.Cl.Cl. The van der Waals surface area contributed by atoms with Crippen LogP contribution in [0.3, 0.4) is 0 Å². The Morgan fingerprint density at radius 3 is 2.18 bits per heavy atom. The molecule has 0 amide bonds. The summed E-state index contributed by atoms with van der Waals surface area (Å²) >= 11 is 0. The van der Waals surface area contributed by atoms with Gasteiger partial charge < -0.3 is 14.5 Å². The Hall–Kier alpha value is -0.640. The number of hydrogen-bond acceptors (Lipinski definition) is 3.